The van der Waals surface area contributed by atoms with Crippen LogP contribution in [-0.4, -0.2) is 23.5 Å². The van der Waals surface area contributed by atoms with E-state index in [4.69, 9.17) is 9.47 Å². The fourth-order valence-electron chi connectivity index (χ4n) is 2.22. The van der Waals surface area contributed by atoms with Gasteiger partial charge in [0.2, 0.25) is 6.10 Å². The number of nitrogens with zero attached hydrogens (tertiary/aromatic N) is 1. The lowest BCUT2D eigenvalue weighted by Crippen LogP contribution is -2.40. The van der Waals surface area contributed by atoms with Gasteiger partial charge in [-0.25, -0.2) is 0 Å². The summed E-state index contributed by atoms with van der Waals surface area (Å²) in [5, 5.41) is 13.5. The van der Waals surface area contributed by atoms with E-state index >= 15 is 0 Å². The number of nitro groups is 1. The normalized spacial score (nSPS) is 15.8. The van der Waals surface area contributed by atoms with E-state index in [1.807, 2.05) is 6.07 Å². The number of hydrogen-bond acceptors (Lipinski definition) is 5. The number of aryl methyl sites for hydroxylation is 1. The van der Waals surface area contributed by atoms with Crippen molar-refractivity contribution < 1.29 is 19.2 Å². The average Bonchev–Trinajstić information content (AvgIpc) is 2.56. The molecule has 3 rings (SSSR count). The summed E-state index contributed by atoms with van der Waals surface area (Å²) in [5.74, 6) is 0.667. The lowest BCUT2D eigenvalue weighted by molar-refractivity contribution is -0.384. The summed E-state index contributed by atoms with van der Waals surface area (Å²) in [5.41, 5.74) is 1.02. The molecule has 7 nitrogen and oxygen atoms in total. The zero-order valence-corrected chi connectivity index (χ0v) is 12.3. The summed E-state index contributed by atoms with van der Waals surface area (Å²) in [4.78, 5) is 22.7. The van der Waals surface area contributed by atoms with E-state index < -0.39 is 16.9 Å². The van der Waals surface area contributed by atoms with Crippen LogP contribution in [-0.2, 0) is 4.79 Å². The Morgan fingerprint density at radius 1 is 1.26 bits per heavy atom. The minimum absolute atomic E-state index is 0.0802. The van der Waals surface area contributed by atoms with Gasteiger partial charge in [-0.1, -0.05) is 18.2 Å². The van der Waals surface area contributed by atoms with Crippen molar-refractivity contribution in [1.29, 1.82) is 0 Å². The van der Waals surface area contributed by atoms with Crippen molar-refractivity contribution in [3.63, 3.8) is 0 Å². The van der Waals surface area contributed by atoms with Gasteiger partial charge in [-0.3, -0.25) is 14.9 Å². The van der Waals surface area contributed by atoms with Crippen LogP contribution < -0.4 is 14.8 Å². The number of anilines is 1. The van der Waals surface area contributed by atoms with Crippen LogP contribution in [0, 0.1) is 17.0 Å². The van der Waals surface area contributed by atoms with Gasteiger partial charge in [0.05, 0.1) is 10.6 Å². The van der Waals surface area contributed by atoms with E-state index in [1.165, 1.54) is 12.1 Å². The minimum Gasteiger partial charge on any atom is -0.485 e. The summed E-state index contributed by atoms with van der Waals surface area (Å²) < 4.78 is 11.1. The molecule has 1 aliphatic rings. The van der Waals surface area contributed by atoms with Crippen molar-refractivity contribution >= 4 is 17.3 Å². The number of para-hydroxylation sites is 2. The Balaban J connectivity index is 1.75. The zero-order valence-electron chi connectivity index (χ0n) is 12.3. The zero-order chi connectivity index (χ0) is 16.4. The topological polar surface area (TPSA) is 90.7 Å². The van der Waals surface area contributed by atoms with E-state index in [2.05, 4.69) is 5.32 Å². The van der Waals surface area contributed by atoms with Crippen molar-refractivity contribution in [2.75, 3.05) is 11.9 Å². The lowest BCUT2D eigenvalue weighted by Gasteiger charge is -2.25. The molecule has 0 spiro atoms. The molecule has 1 heterocycles. The Bertz CT molecular complexity index is 775. The van der Waals surface area contributed by atoms with Crippen molar-refractivity contribution in [3.8, 4) is 11.5 Å². The first-order valence-corrected chi connectivity index (χ1v) is 6.99. The Labute approximate surface area is 132 Å². The first kappa shape index (κ1) is 14.8. The van der Waals surface area contributed by atoms with Crippen LogP contribution >= 0.6 is 0 Å². The first-order valence-electron chi connectivity index (χ1n) is 6.99. The van der Waals surface area contributed by atoms with Crippen molar-refractivity contribution in [1.82, 2.24) is 0 Å². The summed E-state index contributed by atoms with van der Waals surface area (Å²) in [6.45, 7) is 1.84. The van der Waals surface area contributed by atoms with E-state index in [1.54, 1.807) is 31.2 Å². The molecule has 23 heavy (non-hydrogen) atoms. The second-order valence-corrected chi connectivity index (χ2v) is 5.11. The number of hydrogen-bond donors (Lipinski definition) is 1. The predicted octanol–water partition coefficient (Wildman–Crippen LogP) is 2.68. The molecule has 0 aliphatic carbocycles. The maximum atomic E-state index is 12.3. The third kappa shape index (κ3) is 3.08. The maximum Gasteiger partial charge on any atom is 0.271 e. The van der Waals surface area contributed by atoms with Gasteiger partial charge in [-0.05, 0) is 24.6 Å². The Morgan fingerprint density at radius 3 is 2.74 bits per heavy atom. The molecule has 7 heteroatoms. The van der Waals surface area contributed by atoms with Gasteiger partial charge in [-0.2, -0.15) is 0 Å². The van der Waals surface area contributed by atoms with E-state index in [0.717, 1.165) is 5.56 Å². The summed E-state index contributed by atoms with van der Waals surface area (Å²) in [6.07, 6.45) is -0.816. The van der Waals surface area contributed by atoms with Gasteiger partial charge in [0, 0.05) is 12.1 Å². The highest BCUT2D eigenvalue weighted by Gasteiger charge is 2.27. The summed E-state index contributed by atoms with van der Waals surface area (Å²) in [6, 6.07) is 11.4. The largest absolute Gasteiger partial charge is 0.485 e. The van der Waals surface area contributed by atoms with Crippen LogP contribution in [0.4, 0.5) is 11.4 Å². The molecular formula is C16H14N2O5. The predicted molar refractivity (Wildman–Crippen MR) is 82.8 cm³/mol. The van der Waals surface area contributed by atoms with Crippen LogP contribution in [0.3, 0.4) is 0 Å². The maximum absolute atomic E-state index is 12.3. The Kier molecular flexibility index (Phi) is 3.84. The number of carbonyl (C=O) groups is 1. The molecule has 1 aliphatic heterocycles. The third-order valence-electron chi connectivity index (χ3n) is 3.49. The number of nitrogens with one attached hydrogen (secondary N) is 1. The molecule has 1 amide bonds. The number of amides is 1. The standard InChI is InChI=1S/C16H14N2O5/c1-10-6-7-11(18(20)21)8-12(10)17-16(19)15-9-22-13-4-2-3-5-14(13)23-15/h2-8,15H,9H2,1H3,(H,17,19)/t15-/m0/s1. The van der Waals surface area contributed by atoms with Crippen LogP contribution in [0.2, 0.25) is 0 Å². The number of ether oxygens (including phenoxy) is 2. The highest BCUT2D eigenvalue weighted by Crippen LogP contribution is 2.31. The van der Waals surface area contributed by atoms with Gasteiger partial charge >= 0.3 is 0 Å². The Hall–Kier alpha value is -3.09. The number of carbonyl (C=O) groups excluding carboxylic acids is 1. The van der Waals surface area contributed by atoms with Gasteiger partial charge in [-0.15, -0.1) is 0 Å². The Morgan fingerprint density at radius 2 is 2.00 bits per heavy atom. The van der Waals surface area contributed by atoms with E-state index in [0.29, 0.717) is 17.2 Å². The highest BCUT2D eigenvalue weighted by atomic mass is 16.6. The number of benzene rings is 2. The smallest absolute Gasteiger partial charge is 0.271 e. The SMILES string of the molecule is Cc1ccc([N+](=O)[O-])cc1NC(=O)[C@@H]1COc2ccccc2O1. The monoisotopic (exact) mass is 314 g/mol. The molecule has 1 N–H and O–H groups in total. The molecule has 2 aromatic rings. The van der Waals surface area contributed by atoms with Crippen molar-refractivity contribution in [2.24, 2.45) is 0 Å². The molecule has 2 aromatic carbocycles. The summed E-state index contributed by atoms with van der Waals surface area (Å²) >= 11 is 0. The molecule has 0 saturated carbocycles. The second-order valence-electron chi connectivity index (χ2n) is 5.11. The van der Waals surface area contributed by atoms with Crippen LogP contribution in [0.5, 0.6) is 11.5 Å². The molecule has 0 radical (unpaired) electrons. The summed E-state index contributed by atoms with van der Waals surface area (Å²) in [7, 11) is 0. The molecule has 0 bridgehead atoms. The second kappa shape index (κ2) is 5.96. The van der Waals surface area contributed by atoms with Gasteiger partial charge < -0.3 is 14.8 Å². The minimum atomic E-state index is -0.816. The number of non-ortho nitro benzene ring substituents is 1. The van der Waals surface area contributed by atoms with Crippen LogP contribution in [0.25, 0.3) is 0 Å². The van der Waals surface area contributed by atoms with Gasteiger partial charge in [0.1, 0.15) is 6.61 Å². The van der Waals surface area contributed by atoms with Gasteiger partial charge in [0.15, 0.2) is 11.5 Å². The number of fused-ring (bicyclic) bond motifs is 1. The number of nitro benzene ring substituents is 1. The average molecular weight is 314 g/mol. The molecule has 0 fully saturated rings. The van der Waals surface area contributed by atoms with Crippen LogP contribution in [0.1, 0.15) is 5.56 Å². The first-order chi connectivity index (χ1) is 11.0. The molecule has 0 aromatic heterocycles. The lowest BCUT2D eigenvalue weighted by atomic mass is 10.1. The molecular weight excluding hydrogens is 300 g/mol. The van der Waals surface area contributed by atoms with Crippen LogP contribution in [0.15, 0.2) is 42.5 Å². The highest BCUT2D eigenvalue weighted by molar-refractivity contribution is 5.95. The number of rotatable bonds is 3. The fraction of sp³-hybridized carbons (Fsp3) is 0.188. The molecule has 0 unspecified atom stereocenters. The molecule has 0 saturated heterocycles. The van der Waals surface area contributed by atoms with Crippen molar-refractivity contribution in [2.45, 2.75) is 13.0 Å². The van der Waals surface area contributed by atoms with Crippen molar-refractivity contribution in [3.05, 3.63) is 58.1 Å². The van der Waals surface area contributed by atoms with E-state index in [-0.39, 0.29) is 12.3 Å². The van der Waals surface area contributed by atoms with Gasteiger partial charge in [0.25, 0.3) is 11.6 Å². The third-order valence-corrected chi connectivity index (χ3v) is 3.49. The fourth-order valence-corrected chi connectivity index (χ4v) is 2.22. The quantitative estimate of drug-likeness (QED) is 0.695. The molecule has 1 atom stereocenters. The van der Waals surface area contributed by atoms with E-state index in [9.17, 15) is 14.9 Å². The molecule has 118 valence electrons.